The van der Waals surface area contributed by atoms with E-state index in [1.54, 1.807) is 18.2 Å². The number of nitrogens with two attached hydrogens (primary N) is 1. The molecule has 0 aliphatic rings. The van der Waals surface area contributed by atoms with E-state index in [9.17, 15) is 8.78 Å². The molecule has 0 saturated carbocycles. The molecule has 0 radical (unpaired) electrons. The van der Waals surface area contributed by atoms with Crippen molar-refractivity contribution in [3.63, 3.8) is 0 Å². The maximum atomic E-state index is 13.8. The van der Waals surface area contributed by atoms with Crippen LogP contribution < -0.4 is 15.2 Å². The van der Waals surface area contributed by atoms with Gasteiger partial charge in [0.15, 0.2) is 0 Å². The molecule has 0 amide bonds. The van der Waals surface area contributed by atoms with E-state index in [4.69, 9.17) is 15.2 Å². The van der Waals surface area contributed by atoms with Crippen molar-refractivity contribution in [1.82, 2.24) is 0 Å². The lowest BCUT2D eigenvalue weighted by Crippen LogP contribution is -2.04. The van der Waals surface area contributed by atoms with Crippen molar-refractivity contribution in [3.05, 3.63) is 59.2 Å². The van der Waals surface area contributed by atoms with Gasteiger partial charge in [-0.25, -0.2) is 8.78 Å². The smallest absolute Gasteiger partial charge is 0.133 e. The molecule has 0 atom stereocenters. The molecule has 0 aliphatic heterocycles. The first-order chi connectivity index (χ1) is 10.1. The third-order valence-corrected chi connectivity index (χ3v) is 3.02. The Hall–Kier alpha value is -2.14. The van der Waals surface area contributed by atoms with Gasteiger partial charge in [0.25, 0.3) is 0 Å². The molecule has 0 aliphatic carbocycles. The average Bonchev–Trinajstić information content (AvgIpc) is 2.45. The van der Waals surface area contributed by atoms with Crippen molar-refractivity contribution in [3.8, 4) is 11.5 Å². The van der Waals surface area contributed by atoms with E-state index in [1.165, 1.54) is 25.3 Å². The Morgan fingerprint density at radius 2 is 1.86 bits per heavy atom. The van der Waals surface area contributed by atoms with Crippen LogP contribution in [0.1, 0.15) is 11.1 Å². The van der Waals surface area contributed by atoms with E-state index in [0.717, 1.165) is 5.56 Å². The Morgan fingerprint density at radius 3 is 2.52 bits per heavy atom. The van der Waals surface area contributed by atoms with Crippen molar-refractivity contribution in [2.75, 3.05) is 13.7 Å². The summed E-state index contributed by atoms with van der Waals surface area (Å²) >= 11 is 0. The van der Waals surface area contributed by atoms with Crippen molar-refractivity contribution >= 4 is 0 Å². The highest BCUT2D eigenvalue weighted by molar-refractivity contribution is 5.31. The highest BCUT2D eigenvalue weighted by atomic mass is 19.1. The summed E-state index contributed by atoms with van der Waals surface area (Å²) in [6, 6.07) is 8.89. The monoisotopic (exact) mass is 293 g/mol. The van der Waals surface area contributed by atoms with Gasteiger partial charge in [0.05, 0.1) is 7.11 Å². The van der Waals surface area contributed by atoms with Crippen LogP contribution in [0.25, 0.3) is 0 Å². The summed E-state index contributed by atoms with van der Waals surface area (Å²) in [6.07, 6.45) is 0.561. The summed E-state index contributed by atoms with van der Waals surface area (Å²) in [5.74, 6) is -0.0278. The van der Waals surface area contributed by atoms with Gasteiger partial charge >= 0.3 is 0 Å². The molecule has 2 N–H and O–H groups in total. The Kier molecular flexibility index (Phi) is 5.11. The molecule has 0 aromatic heterocycles. The molecule has 21 heavy (non-hydrogen) atoms. The van der Waals surface area contributed by atoms with Gasteiger partial charge in [-0.3, -0.25) is 0 Å². The maximum absolute atomic E-state index is 13.8. The second-order valence-electron chi connectivity index (χ2n) is 4.58. The van der Waals surface area contributed by atoms with Crippen molar-refractivity contribution in [2.24, 2.45) is 5.73 Å². The van der Waals surface area contributed by atoms with Gasteiger partial charge in [-0.05, 0) is 42.8 Å². The van der Waals surface area contributed by atoms with Gasteiger partial charge in [0.2, 0.25) is 0 Å². The molecule has 2 aromatic carbocycles. The SMILES string of the molecule is COc1ccc(COc2cc(F)cc(CCN)c2)c(F)c1. The first-order valence-electron chi connectivity index (χ1n) is 6.57. The van der Waals surface area contributed by atoms with E-state index >= 15 is 0 Å². The maximum Gasteiger partial charge on any atom is 0.133 e. The van der Waals surface area contributed by atoms with Crippen LogP contribution in [0.5, 0.6) is 11.5 Å². The number of hydrogen-bond donors (Lipinski definition) is 1. The molecule has 112 valence electrons. The van der Waals surface area contributed by atoms with Gasteiger partial charge in [0, 0.05) is 17.7 Å². The second-order valence-corrected chi connectivity index (χ2v) is 4.58. The van der Waals surface area contributed by atoms with E-state index < -0.39 is 11.6 Å². The average molecular weight is 293 g/mol. The third kappa shape index (κ3) is 4.16. The molecule has 0 saturated heterocycles. The predicted octanol–water partition coefficient (Wildman–Crippen LogP) is 3.05. The van der Waals surface area contributed by atoms with Crippen LogP contribution >= 0.6 is 0 Å². The topological polar surface area (TPSA) is 44.5 Å². The second kappa shape index (κ2) is 7.04. The van der Waals surface area contributed by atoms with Crippen LogP contribution in [0.4, 0.5) is 8.78 Å². The summed E-state index contributed by atoms with van der Waals surface area (Å²) in [4.78, 5) is 0. The van der Waals surface area contributed by atoms with E-state index in [0.29, 0.717) is 30.0 Å². The van der Waals surface area contributed by atoms with Crippen molar-refractivity contribution in [2.45, 2.75) is 13.0 Å². The third-order valence-electron chi connectivity index (χ3n) is 3.02. The molecule has 0 unspecified atom stereocenters. The molecular formula is C16H17F2NO2. The minimum Gasteiger partial charge on any atom is -0.497 e. The van der Waals surface area contributed by atoms with Gasteiger partial charge in [-0.1, -0.05) is 0 Å². The van der Waals surface area contributed by atoms with Gasteiger partial charge in [0.1, 0.15) is 29.7 Å². The first kappa shape index (κ1) is 15.3. The van der Waals surface area contributed by atoms with Crippen molar-refractivity contribution < 1.29 is 18.3 Å². The number of ether oxygens (including phenoxy) is 2. The van der Waals surface area contributed by atoms with Crippen LogP contribution in [0.2, 0.25) is 0 Å². The van der Waals surface area contributed by atoms with Crippen molar-refractivity contribution in [1.29, 1.82) is 0 Å². The summed E-state index contributed by atoms with van der Waals surface area (Å²) in [6.45, 7) is 0.442. The largest absolute Gasteiger partial charge is 0.497 e. The Labute approximate surface area is 122 Å². The Balaban J connectivity index is 2.09. The summed E-state index contributed by atoms with van der Waals surface area (Å²) in [5.41, 5.74) is 6.58. The van der Waals surface area contributed by atoms with Gasteiger partial charge in [-0.15, -0.1) is 0 Å². The highest BCUT2D eigenvalue weighted by Crippen LogP contribution is 2.21. The van der Waals surface area contributed by atoms with E-state index in [-0.39, 0.29) is 6.61 Å². The molecule has 0 bridgehead atoms. The molecular weight excluding hydrogens is 276 g/mol. The lowest BCUT2D eigenvalue weighted by molar-refractivity contribution is 0.297. The molecule has 0 spiro atoms. The fourth-order valence-electron chi connectivity index (χ4n) is 1.95. The fraction of sp³-hybridized carbons (Fsp3) is 0.250. The Morgan fingerprint density at radius 1 is 1.05 bits per heavy atom. The standard InChI is InChI=1S/C16H17F2NO2/c1-20-14-3-2-12(16(18)9-14)10-21-15-7-11(4-5-19)6-13(17)8-15/h2-3,6-9H,4-5,10,19H2,1H3. The molecule has 0 heterocycles. The lowest BCUT2D eigenvalue weighted by Gasteiger charge is -2.10. The predicted molar refractivity (Wildman–Crippen MR) is 76.4 cm³/mol. The lowest BCUT2D eigenvalue weighted by atomic mass is 10.1. The van der Waals surface area contributed by atoms with E-state index in [2.05, 4.69) is 0 Å². The molecule has 2 aromatic rings. The van der Waals surface area contributed by atoms with Crippen LogP contribution in [0.3, 0.4) is 0 Å². The Bertz CT molecular complexity index is 617. The zero-order chi connectivity index (χ0) is 15.2. The van der Waals surface area contributed by atoms with E-state index in [1.807, 2.05) is 0 Å². The summed E-state index contributed by atoms with van der Waals surface area (Å²) < 4.78 is 37.6. The summed E-state index contributed by atoms with van der Waals surface area (Å²) in [7, 11) is 1.47. The van der Waals surface area contributed by atoms with Gasteiger partial charge in [-0.2, -0.15) is 0 Å². The number of hydrogen-bond acceptors (Lipinski definition) is 3. The van der Waals surface area contributed by atoms with Crippen LogP contribution in [0.15, 0.2) is 36.4 Å². The van der Waals surface area contributed by atoms with Crippen LogP contribution in [-0.4, -0.2) is 13.7 Å². The summed E-state index contributed by atoms with van der Waals surface area (Å²) in [5, 5.41) is 0. The minimum absolute atomic E-state index is 0.0152. The molecule has 0 fully saturated rings. The number of methoxy groups -OCH3 is 1. The number of halogens is 2. The first-order valence-corrected chi connectivity index (χ1v) is 6.57. The number of rotatable bonds is 6. The zero-order valence-corrected chi connectivity index (χ0v) is 11.7. The normalized spacial score (nSPS) is 10.5. The highest BCUT2D eigenvalue weighted by Gasteiger charge is 2.07. The quantitative estimate of drug-likeness (QED) is 0.890. The van der Waals surface area contributed by atoms with Crippen LogP contribution in [-0.2, 0) is 13.0 Å². The molecule has 2 rings (SSSR count). The van der Waals surface area contributed by atoms with Gasteiger partial charge < -0.3 is 15.2 Å². The zero-order valence-electron chi connectivity index (χ0n) is 11.7. The molecule has 5 heteroatoms. The fourth-order valence-corrected chi connectivity index (χ4v) is 1.95. The van der Waals surface area contributed by atoms with Crippen LogP contribution in [0, 0.1) is 11.6 Å². The number of benzene rings is 2. The minimum atomic E-state index is -0.423. The molecule has 3 nitrogen and oxygen atoms in total.